The Morgan fingerprint density at radius 2 is 2.14 bits per heavy atom. The molecule has 10 heteroatoms. The molecule has 0 bridgehead atoms. The van der Waals surface area contributed by atoms with Crippen molar-refractivity contribution < 1.29 is 17.9 Å². The van der Waals surface area contributed by atoms with E-state index in [0.717, 1.165) is 5.56 Å². The van der Waals surface area contributed by atoms with Crippen molar-refractivity contribution in [2.45, 2.75) is 24.3 Å². The molecule has 4 rings (SSSR count). The van der Waals surface area contributed by atoms with Gasteiger partial charge in [-0.2, -0.15) is 9.40 Å². The molecule has 0 aliphatic carbocycles. The van der Waals surface area contributed by atoms with Gasteiger partial charge in [0, 0.05) is 17.6 Å². The second-order valence-corrected chi connectivity index (χ2v) is 9.12. The molecule has 0 saturated carbocycles. The lowest BCUT2D eigenvalue weighted by atomic mass is 10.1. The van der Waals surface area contributed by atoms with Crippen LogP contribution in [0, 0.1) is 6.92 Å². The van der Waals surface area contributed by atoms with Gasteiger partial charge in [-0.1, -0.05) is 11.6 Å². The van der Waals surface area contributed by atoms with Gasteiger partial charge in [0.25, 0.3) is 0 Å². The first-order valence-electron chi connectivity index (χ1n) is 8.91. The first-order chi connectivity index (χ1) is 13.8. The molecule has 1 amide bonds. The molecule has 0 spiro atoms. The van der Waals surface area contributed by atoms with Crippen molar-refractivity contribution in [3.8, 4) is 5.75 Å². The van der Waals surface area contributed by atoms with Gasteiger partial charge < -0.3 is 10.1 Å². The molecule has 1 aliphatic heterocycles. The molecule has 8 nitrogen and oxygen atoms in total. The molecule has 2 aromatic carbocycles. The number of ether oxygens (including phenoxy) is 1. The van der Waals surface area contributed by atoms with Crippen molar-refractivity contribution in [2.75, 3.05) is 19.0 Å². The lowest BCUT2D eigenvalue weighted by molar-refractivity contribution is -0.122. The van der Waals surface area contributed by atoms with E-state index < -0.39 is 22.0 Å². The molecule has 152 valence electrons. The number of aromatic nitrogens is 2. The number of methoxy groups -OCH3 is 1. The Labute approximate surface area is 172 Å². The highest BCUT2D eigenvalue weighted by Crippen LogP contribution is 2.33. The number of carbonyl (C=O) groups excluding carboxylic acids is 1. The van der Waals surface area contributed by atoms with Crippen molar-refractivity contribution in [1.29, 1.82) is 0 Å². The molecule has 2 N–H and O–H groups in total. The Morgan fingerprint density at radius 1 is 1.34 bits per heavy atom. The monoisotopic (exact) mass is 434 g/mol. The number of nitrogens with one attached hydrogen (secondary N) is 2. The summed E-state index contributed by atoms with van der Waals surface area (Å²) in [5.41, 5.74) is 1.70. The van der Waals surface area contributed by atoms with Crippen molar-refractivity contribution >= 4 is 44.1 Å². The predicted octanol–water partition coefficient (Wildman–Crippen LogP) is 2.94. The summed E-state index contributed by atoms with van der Waals surface area (Å²) < 4.78 is 32.8. The number of aromatic amines is 1. The van der Waals surface area contributed by atoms with Gasteiger partial charge in [0.15, 0.2) is 0 Å². The molecule has 29 heavy (non-hydrogen) atoms. The predicted molar refractivity (Wildman–Crippen MR) is 110 cm³/mol. The number of aryl methyl sites for hydroxylation is 1. The molecule has 1 atom stereocenters. The summed E-state index contributed by atoms with van der Waals surface area (Å²) in [7, 11) is -2.37. The maximum Gasteiger partial charge on any atom is 0.245 e. The highest BCUT2D eigenvalue weighted by molar-refractivity contribution is 7.89. The second-order valence-electron chi connectivity index (χ2n) is 6.86. The molecule has 1 aliphatic rings. The number of nitrogens with zero attached hydrogens (tertiary/aromatic N) is 2. The zero-order valence-corrected chi connectivity index (χ0v) is 17.3. The van der Waals surface area contributed by atoms with E-state index in [9.17, 15) is 13.2 Å². The highest BCUT2D eigenvalue weighted by Gasteiger charge is 2.43. The van der Waals surface area contributed by atoms with E-state index in [1.807, 2.05) is 13.0 Å². The molecule has 0 radical (unpaired) electrons. The van der Waals surface area contributed by atoms with E-state index in [1.165, 1.54) is 11.4 Å². The van der Waals surface area contributed by atoms with Crippen LogP contribution in [0.2, 0.25) is 5.02 Å². The number of carbonyl (C=O) groups is 1. The van der Waals surface area contributed by atoms with Gasteiger partial charge in [-0.05, 0) is 49.2 Å². The molecule has 1 aromatic heterocycles. The lowest BCUT2D eigenvalue weighted by Gasteiger charge is -2.38. The van der Waals surface area contributed by atoms with Crippen LogP contribution in [0.5, 0.6) is 5.75 Å². The summed E-state index contributed by atoms with van der Waals surface area (Å²) in [5, 5.41) is 10.5. The molecular formula is C19H19ClN4O4S. The van der Waals surface area contributed by atoms with Crippen LogP contribution < -0.4 is 10.1 Å². The second kappa shape index (κ2) is 7.33. The Bertz CT molecular complexity index is 1210. The number of H-pyrrole nitrogens is 1. The lowest BCUT2D eigenvalue weighted by Crippen LogP contribution is -2.56. The van der Waals surface area contributed by atoms with Crippen LogP contribution in [0.25, 0.3) is 10.9 Å². The summed E-state index contributed by atoms with van der Waals surface area (Å²) in [5.74, 6) is 0.0788. The summed E-state index contributed by atoms with van der Waals surface area (Å²) >= 11 is 6.09. The summed E-state index contributed by atoms with van der Waals surface area (Å²) in [6, 6.07) is 7.49. The van der Waals surface area contributed by atoms with Crippen LogP contribution in [0.3, 0.4) is 0 Å². The van der Waals surface area contributed by atoms with Gasteiger partial charge >= 0.3 is 0 Å². The van der Waals surface area contributed by atoms with Crippen LogP contribution in [0.1, 0.15) is 12.0 Å². The van der Waals surface area contributed by atoms with E-state index >= 15 is 0 Å². The fraction of sp³-hybridized carbons (Fsp3) is 0.263. The third-order valence-electron chi connectivity index (χ3n) is 4.94. The number of hydrogen-bond donors (Lipinski definition) is 2. The summed E-state index contributed by atoms with van der Waals surface area (Å²) in [6.45, 7) is 2.09. The van der Waals surface area contributed by atoms with Crippen molar-refractivity contribution in [1.82, 2.24) is 14.5 Å². The quantitative estimate of drug-likeness (QED) is 0.642. The van der Waals surface area contributed by atoms with Crippen LogP contribution in [-0.4, -0.2) is 48.5 Å². The SMILES string of the molecule is COc1ccc(NC(=O)[C@@H]2CCN2S(=O)(=O)c2cc(C)cc3cn[nH]c23)cc1Cl. The third-order valence-corrected chi connectivity index (χ3v) is 7.16. The molecule has 3 aromatic rings. The minimum absolute atomic E-state index is 0.120. The first-order valence-corrected chi connectivity index (χ1v) is 10.7. The summed E-state index contributed by atoms with van der Waals surface area (Å²) in [6.07, 6.45) is 2.02. The van der Waals surface area contributed by atoms with Crippen LogP contribution in [0.4, 0.5) is 5.69 Å². The molecule has 1 saturated heterocycles. The van der Waals surface area contributed by atoms with Crippen molar-refractivity contribution in [2.24, 2.45) is 0 Å². The van der Waals surface area contributed by atoms with Crippen molar-refractivity contribution in [3.63, 3.8) is 0 Å². The Kier molecular flexibility index (Phi) is 4.97. The van der Waals surface area contributed by atoms with Gasteiger partial charge in [0.1, 0.15) is 16.7 Å². The smallest absolute Gasteiger partial charge is 0.245 e. The van der Waals surface area contributed by atoms with E-state index in [-0.39, 0.29) is 11.4 Å². The minimum atomic E-state index is -3.87. The standard InChI is InChI=1S/C19H19ClN4O4S/c1-11-7-12-10-21-23-18(12)17(8-11)29(26,27)24-6-5-15(24)19(25)22-13-3-4-16(28-2)14(20)9-13/h3-4,7-10,15H,5-6H2,1-2H3,(H,21,23)(H,22,25)/t15-/m0/s1. The maximum atomic E-state index is 13.2. The number of rotatable bonds is 5. The Hall–Kier alpha value is -2.62. The van der Waals surface area contributed by atoms with E-state index in [1.54, 1.807) is 30.5 Å². The fourth-order valence-electron chi connectivity index (χ4n) is 3.38. The number of benzene rings is 2. The van der Waals surface area contributed by atoms with Crippen molar-refractivity contribution in [3.05, 3.63) is 47.1 Å². The Morgan fingerprint density at radius 3 is 2.79 bits per heavy atom. The number of fused-ring (bicyclic) bond motifs is 1. The van der Waals surface area contributed by atoms with Crippen LogP contribution >= 0.6 is 11.6 Å². The number of amides is 1. The molecule has 2 heterocycles. The normalized spacial score (nSPS) is 17.1. The topological polar surface area (TPSA) is 104 Å². The number of sulfonamides is 1. The number of halogens is 1. The first kappa shape index (κ1) is 19.7. The van der Waals surface area contributed by atoms with E-state index in [2.05, 4.69) is 15.5 Å². The zero-order chi connectivity index (χ0) is 20.8. The molecule has 1 fully saturated rings. The maximum absolute atomic E-state index is 13.2. The summed E-state index contributed by atoms with van der Waals surface area (Å²) in [4.78, 5) is 12.8. The number of hydrogen-bond acceptors (Lipinski definition) is 5. The van der Waals surface area contributed by atoms with Gasteiger partial charge in [-0.15, -0.1) is 0 Å². The van der Waals surface area contributed by atoms with Gasteiger partial charge in [0.2, 0.25) is 15.9 Å². The zero-order valence-electron chi connectivity index (χ0n) is 15.8. The van der Waals surface area contributed by atoms with Gasteiger partial charge in [-0.25, -0.2) is 8.42 Å². The minimum Gasteiger partial charge on any atom is -0.495 e. The van der Waals surface area contributed by atoms with Gasteiger partial charge in [-0.3, -0.25) is 9.89 Å². The largest absolute Gasteiger partial charge is 0.495 e. The van der Waals surface area contributed by atoms with Gasteiger partial charge in [0.05, 0.1) is 23.8 Å². The highest BCUT2D eigenvalue weighted by atomic mass is 35.5. The fourth-order valence-corrected chi connectivity index (χ4v) is 5.53. The Balaban J connectivity index is 1.59. The van der Waals surface area contributed by atoms with Crippen LogP contribution in [0.15, 0.2) is 41.4 Å². The third kappa shape index (κ3) is 3.45. The average Bonchev–Trinajstić information content (AvgIpc) is 3.07. The van der Waals surface area contributed by atoms with E-state index in [0.29, 0.717) is 33.8 Å². The average molecular weight is 435 g/mol. The number of anilines is 1. The van der Waals surface area contributed by atoms with Crippen LogP contribution in [-0.2, 0) is 14.8 Å². The molecular weight excluding hydrogens is 416 g/mol. The molecule has 0 unspecified atom stereocenters. The van der Waals surface area contributed by atoms with E-state index in [4.69, 9.17) is 16.3 Å².